The average Bonchev–Trinajstić information content (AvgIpc) is 2.98. The van der Waals surface area contributed by atoms with Gasteiger partial charge in [0.15, 0.2) is 0 Å². The van der Waals surface area contributed by atoms with Gasteiger partial charge in [-0.05, 0) is 36.0 Å². The van der Waals surface area contributed by atoms with Gasteiger partial charge in [0.25, 0.3) is 11.1 Å². The third-order valence-electron chi connectivity index (χ3n) is 2.68. The molecule has 0 saturated carbocycles. The molecule has 2 aromatic rings. The third kappa shape index (κ3) is 2.65. The Morgan fingerprint density at radius 3 is 2.60 bits per heavy atom. The summed E-state index contributed by atoms with van der Waals surface area (Å²) in [4.78, 5) is 24.9. The van der Waals surface area contributed by atoms with Crippen LogP contribution < -0.4 is 5.32 Å². The van der Waals surface area contributed by atoms with Crippen LogP contribution in [0.3, 0.4) is 0 Å². The number of halogens is 1. The molecule has 1 N–H and O–H groups in total. The van der Waals surface area contributed by atoms with E-state index in [1.54, 1.807) is 6.08 Å². The van der Waals surface area contributed by atoms with Crippen molar-refractivity contribution in [2.75, 3.05) is 0 Å². The van der Waals surface area contributed by atoms with Gasteiger partial charge in [0.1, 0.15) is 0 Å². The molecule has 1 saturated heterocycles. The van der Waals surface area contributed by atoms with Gasteiger partial charge in [-0.3, -0.25) is 14.9 Å². The van der Waals surface area contributed by atoms with E-state index in [0.29, 0.717) is 9.93 Å². The van der Waals surface area contributed by atoms with Crippen LogP contribution in [0, 0.1) is 0 Å². The Kier molecular flexibility index (Phi) is 3.65. The SMILES string of the molecule is O=C1NC(=O)C(=Cc2ccc(-c3ccccc3Cl)s2)S1. The molecule has 0 spiro atoms. The van der Waals surface area contributed by atoms with E-state index in [1.807, 2.05) is 36.4 Å². The second-order valence-electron chi connectivity index (χ2n) is 4.03. The molecule has 3 rings (SSSR count). The molecule has 1 aromatic carbocycles. The molecule has 1 aliphatic rings. The Labute approximate surface area is 128 Å². The van der Waals surface area contributed by atoms with Crippen LogP contribution in [0.5, 0.6) is 0 Å². The lowest BCUT2D eigenvalue weighted by molar-refractivity contribution is -0.115. The summed E-state index contributed by atoms with van der Waals surface area (Å²) in [5.74, 6) is -0.340. The van der Waals surface area contributed by atoms with Crippen LogP contribution in [0.2, 0.25) is 5.02 Å². The van der Waals surface area contributed by atoms with Gasteiger partial charge >= 0.3 is 0 Å². The Bertz CT molecular complexity index is 736. The van der Waals surface area contributed by atoms with Crippen molar-refractivity contribution in [2.45, 2.75) is 0 Å². The monoisotopic (exact) mass is 321 g/mol. The molecule has 1 fully saturated rings. The predicted octanol–water partition coefficient (Wildman–Crippen LogP) is 4.39. The zero-order valence-electron chi connectivity index (χ0n) is 10.1. The standard InChI is InChI=1S/C14H8ClNO2S2/c15-10-4-2-1-3-9(10)11-6-5-8(19-11)7-12-13(17)16-14(18)20-12/h1-7H,(H,16,17,18). The molecule has 2 heterocycles. The highest BCUT2D eigenvalue weighted by molar-refractivity contribution is 8.18. The van der Waals surface area contributed by atoms with E-state index < -0.39 is 0 Å². The molecule has 2 amide bonds. The first kappa shape index (κ1) is 13.4. The fourth-order valence-corrected chi connectivity index (χ4v) is 3.82. The summed E-state index contributed by atoms with van der Waals surface area (Å²) >= 11 is 8.60. The van der Waals surface area contributed by atoms with E-state index in [2.05, 4.69) is 5.32 Å². The number of thiophene rings is 1. The number of imide groups is 1. The second-order valence-corrected chi connectivity index (χ2v) is 6.57. The summed E-state index contributed by atoms with van der Waals surface area (Å²) in [6.45, 7) is 0. The molecule has 3 nitrogen and oxygen atoms in total. The van der Waals surface area contributed by atoms with E-state index in [0.717, 1.165) is 27.1 Å². The highest BCUT2D eigenvalue weighted by Gasteiger charge is 2.25. The predicted molar refractivity (Wildman–Crippen MR) is 83.9 cm³/mol. The minimum atomic E-state index is -0.340. The molecule has 100 valence electrons. The lowest BCUT2D eigenvalue weighted by atomic mass is 10.2. The molecular formula is C14H8ClNO2S2. The minimum Gasteiger partial charge on any atom is -0.282 e. The number of amides is 2. The quantitative estimate of drug-likeness (QED) is 0.834. The van der Waals surface area contributed by atoms with Crippen LogP contribution in [-0.2, 0) is 4.79 Å². The molecule has 20 heavy (non-hydrogen) atoms. The summed E-state index contributed by atoms with van der Waals surface area (Å²) in [7, 11) is 0. The summed E-state index contributed by atoms with van der Waals surface area (Å²) in [6, 6.07) is 11.5. The topological polar surface area (TPSA) is 46.2 Å². The lowest BCUT2D eigenvalue weighted by Crippen LogP contribution is -2.17. The first-order valence-electron chi connectivity index (χ1n) is 5.73. The third-order valence-corrected chi connectivity index (χ3v) is 4.89. The normalized spacial score (nSPS) is 16.8. The van der Waals surface area contributed by atoms with Crippen LogP contribution >= 0.6 is 34.7 Å². The van der Waals surface area contributed by atoms with Crippen molar-refractivity contribution in [3.63, 3.8) is 0 Å². The summed E-state index contributed by atoms with van der Waals surface area (Å²) < 4.78 is 0. The molecular weight excluding hydrogens is 314 g/mol. The first-order chi connectivity index (χ1) is 9.63. The summed E-state index contributed by atoms with van der Waals surface area (Å²) in [5.41, 5.74) is 0.961. The number of carbonyl (C=O) groups excluding carboxylic acids is 2. The first-order valence-corrected chi connectivity index (χ1v) is 7.74. The number of rotatable bonds is 2. The van der Waals surface area contributed by atoms with Crippen molar-refractivity contribution in [2.24, 2.45) is 0 Å². The van der Waals surface area contributed by atoms with E-state index in [1.165, 1.54) is 11.3 Å². The van der Waals surface area contributed by atoms with Gasteiger partial charge in [0.05, 0.1) is 4.91 Å². The smallest absolute Gasteiger partial charge is 0.282 e. The highest BCUT2D eigenvalue weighted by atomic mass is 35.5. The molecule has 0 bridgehead atoms. The molecule has 1 aromatic heterocycles. The number of carbonyl (C=O) groups is 2. The Balaban J connectivity index is 1.92. The summed E-state index contributed by atoms with van der Waals surface area (Å²) in [6.07, 6.45) is 1.72. The maximum atomic E-state index is 11.5. The highest BCUT2D eigenvalue weighted by Crippen LogP contribution is 2.35. The summed E-state index contributed by atoms with van der Waals surface area (Å²) in [5, 5.41) is 2.60. The van der Waals surface area contributed by atoms with E-state index in [-0.39, 0.29) is 11.1 Å². The number of thioether (sulfide) groups is 1. The van der Waals surface area contributed by atoms with Gasteiger partial charge < -0.3 is 0 Å². The molecule has 0 radical (unpaired) electrons. The Morgan fingerprint density at radius 2 is 1.90 bits per heavy atom. The molecule has 1 aliphatic heterocycles. The van der Waals surface area contributed by atoms with Gasteiger partial charge in [-0.1, -0.05) is 29.8 Å². The number of hydrogen-bond acceptors (Lipinski definition) is 4. The maximum absolute atomic E-state index is 11.5. The van der Waals surface area contributed by atoms with Gasteiger partial charge in [0.2, 0.25) is 0 Å². The number of nitrogens with one attached hydrogen (secondary N) is 1. The van der Waals surface area contributed by atoms with E-state index in [9.17, 15) is 9.59 Å². The average molecular weight is 322 g/mol. The number of benzene rings is 1. The van der Waals surface area contributed by atoms with Crippen LogP contribution in [-0.4, -0.2) is 11.1 Å². The van der Waals surface area contributed by atoms with Gasteiger partial charge in [-0.15, -0.1) is 11.3 Å². The molecule has 0 atom stereocenters. The Morgan fingerprint density at radius 1 is 1.10 bits per heavy atom. The van der Waals surface area contributed by atoms with Crippen molar-refractivity contribution < 1.29 is 9.59 Å². The van der Waals surface area contributed by atoms with E-state index >= 15 is 0 Å². The fourth-order valence-electron chi connectivity index (χ4n) is 1.79. The van der Waals surface area contributed by atoms with Crippen molar-refractivity contribution in [1.82, 2.24) is 5.32 Å². The zero-order valence-corrected chi connectivity index (χ0v) is 12.4. The zero-order chi connectivity index (χ0) is 14.1. The molecule has 0 aliphatic carbocycles. The fraction of sp³-hybridized carbons (Fsp3) is 0. The van der Waals surface area contributed by atoms with Gasteiger partial charge in [-0.25, -0.2) is 0 Å². The van der Waals surface area contributed by atoms with Crippen molar-refractivity contribution in [3.05, 3.63) is 51.2 Å². The largest absolute Gasteiger partial charge is 0.290 e. The van der Waals surface area contributed by atoms with Crippen molar-refractivity contribution >= 4 is 51.9 Å². The second kappa shape index (κ2) is 5.44. The van der Waals surface area contributed by atoms with Crippen LogP contribution in [0.15, 0.2) is 41.3 Å². The maximum Gasteiger partial charge on any atom is 0.290 e. The van der Waals surface area contributed by atoms with E-state index in [4.69, 9.17) is 11.6 Å². The minimum absolute atomic E-state index is 0.330. The van der Waals surface area contributed by atoms with Gasteiger partial charge in [0, 0.05) is 20.3 Å². The van der Waals surface area contributed by atoms with Crippen LogP contribution in [0.25, 0.3) is 16.5 Å². The Hall–Kier alpha value is -1.56. The van der Waals surface area contributed by atoms with Crippen LogP contribution in [0.4, 0.5) is 4.79 Å². The van der Waals surface area contributed by atoms with Gasteiger partial charge in [-0.2, -0.15) is 0 Å². The lowest BCUT2D eigenvalue weighted by Gasteiger charge is -1.99. The van der Waals surface area contributed by atoms with Crippen LogP contribution in [0.1, 0.15) is 4.88 Å². The molecule has 0 unspecified atom stereocenters. The number of hydrogen-bond donors (Lipinski definition) is 1. The van der Waals surface area contributed by atoms with Crippen molar-refractivity contribution in [1.29, 1.82) is 0 Å². The molecule has 6 heteroatoms. The van der Waals surface area contributed by atoms with Crippen molar-refractivity contribution in [3.8, 4) is 10.4 Å².